The molecule has 2 aromatic rings. The number of rotatable bonds is 6. The molecule has 3 rings (SSSR count). The number of pyridine rings is 1. The highest BCUT2D eigenvalue weighted by molar-refractivity contribution is 9.10. The molecule has 30 heavy (non-hydrogen) atoms. The summed E-state index contributed by atoms with van der Waals surface area (Å²) in [6.45, 7) is 1.09. The highest BCUT2D eigenvalue weighted by Gasteiger charge is 2.43. The van der Waals surface area contributed by atoms with Gasteiger partial charge >= 0.3 is 12.1 Å². The predicted molar refractivity (Wildman–Crippen MR) is 104 cm³/mol. The van der Waals surface area contributed by atoms with Crippen LogP contribution < -0.4 is 14.6 Å². The molecule has 0 bridgehead atoms. The average Bonchev–Trinajstić information content (AvgIpc) is 2.98. The fourth-order valence-corrected chi connectivity index (χ4v) is 4.30. The van der Waals surface area contributed by atoms with Crippen molar-refractivity contribution < 1.29 is 31.3 Å². The number of ether oxygens (including phenoxy) is 1. The minimum atomic E-state index is -4.22. The van der Waals surface area contributed by atoms with E-state index in [9.17, 15) is 22.0 Å². The van der Waals surface area contributed by atoms with Gasteiger partial charge in [-0.25, -0.2) is 23.6 Å². The van der Waals surface area contributed by atoms with Crippen molar-refractivity contribution in [3.8, 4) is 5.88 Å². The Balaban J connectivity index is 1.94. The third-order valence-electron chi connectivity index (χ3n) is 5.34. The summed E-state index contributed by atoms with van der Waals surface area (Å²) in [6.07, 6.45) is -3.18. The molecule has 0 atom stereocenters. The Bertz CT molecular complexity index is 858. The fourth-order valence-electron chi connectivity index (χ4n) is 3.77. The molecule has 0 aliphatic heterocycles. The van der Waals surface area contributed by atoms with Gasteiger partial charge in [0.15, 0.2) is 6.61 Å². The fraction of sp³-hybridized carbons (Fsp3) is 0.579. The lowest BCUT2D eigenvalue weighted by molar-refractivity contribution is -0.656. The first-order valence-corrected chi connectivity index (χ1v) is 10.3. The van der Waals surface area contributed by atoms with Gasteiger partial charge in [-0.05, 0) is 60.2 Å². The monoisotopic (exact) mass is 497 g/mol. The van der Waals surface area contributed by atoms with Crippen molar-refractivity contribution in [2.45, 2.75) is 51.3 Å². The number of aryl methyl sites for hydroxylation is 2. The van der Waals surface area contributed by atoms with Gasteiger partial charge in [-0.1, -0.05) is 0 Å². The van der Waals surface area contributed by atoms with E-state index in [1.54, 1.807) is 28.6 Å². The minimum Gasteiger partial charge on any atom is -0.460 e. The molecule has 0 aromatic carbocycles. The number of halogens is 6. The Labute approximate surface area is 179 Å². The first-order valence-electron chi connectivity index (χ1n) is 9.54. The van der Waals surface area contributed by atoms with Crippen molar-refractivity contribution in [2.24, 2.45) is 13.0 Å². The summed E-state index contributed by atoms with van der Waals surface area (Å²) in [5.74, 6) is -0.630. The third-order valence-corrected chi connectivity index (χ3v) is 5.94. The van der Waals surface area contributed by atoms with E-state index in [-0.39, 0.29) is 37.6 Å². The van der Waals surface area contributed by atoms with Gasteiger partial charge < -0.3 is 4.74 Å². The van der Waals surface area contributed by atoms with Gasteiger partial charge in [0.1, 0.15) is 16.5 Å². The zero-order valence-corrected chi connectivity index (χ0v) is 18.1. The number of hydrogen-bond donors (Lipinski definition) is 1. The number of alkyl halides is 5. The quantitative estimate of drug-likeness (QED) is 0.327. The second-order valence-corrected chi connectivity index (χ2v) is 8.19. The van der Waals surface area contributed by atoms with Crippen LogP contribution in [-0.4, -0.2) is 28.8 Å². The van der Waals surface area contributed by atoms with Crippen molar-refractivity contribution >= 4 is 27.6 Å². The van der Waals surface area contributed by atoms with E-state index in [0.717, 1.165) is 5.56 Å². The molecule has 2 aromatic heterocycles. The van der Waals surface area contributed by atoms with Crippen molar-refractivity contribution in [3.63, 3.8) is 0 Å². The van der Waals surface area contributed by atoms with Gasteiger partial charge in [0, 0.05) is 6.20 Å². The number of nitrogens with zero attached hydrogens (tertiary/aromatic N) is 3. The number of nitrogens with one attached hydrogen (secondary N) is 1. The van der Waals surface area contributed by atoms with Crippen LogP contribution in [0.2, 0.25) is 0 Å². The van der Waals surface area contributed by atoms with Crippen LogP contribution >= 0.6 is 15.9 Å². The average molecular weight is 498 g/mol. The van der Waals surface area contributed by atoms with E-state index in [1.165, 1.54) is 0 Å². The maximum atomic E-state index is 13.1. The van der Waals surface area contributed by atoms with E-state index < -0.39 is 25.1 Å². The van der Waals surface area contributed by atoms with Gasteiger partial charge in [0.05, 0.1) is 19.0 Å². The van der Waals surface area contributed by atoms with E-state index in [4.69, 9.17) is 4.74 Å². The summed E-state index contributed by atoms with van der Waals surface area (Å²) >= 11 is 3.39. The van der Waals surface area contributed by atoms with Crippen LogP contribution in [0.1, 0.15) is 37.3 Å². The predicted octanol–water partition coefficient (Wildman–Crippen LogP) is 5.46. The Morgan fingerprint density at radius 1 is 1.30 bits per heavy atom. The number of anilines is 2. The lowest BCUT2D eigenvalue weighted by atomic mass is 9.85. The molecule has 0 saturated heterocycles. The summed E-state index contributed by atoms with van der Waals surface area (Å²) in [4.78, 5) is 4.19. The molecular formula is C19H23BrF5N4O+. The highest BCUT2D eigenvalue weighted by Crippen LogP contribution is 2.43. The molecule has 1 fully saturated rings. The summed E-state index contributed by atoms with van der Waals surface area (Å²) < 4.78 is 73.9. The molecule has 0 amide bonds. The first-order chi connectivity index (χ1) is 14.1. The SMILES string of the molecule is Cc1ccnc(Br)c1Nc1n(C2CCC(C(F)(F)F)CC2)c(OCC(F)F)c[n+]1C. The standard InChI is InChI=1S/C19H22BrF5N4O/c1-11-7-8-26-17(20)16(11)27-18-28(2)9-15(30-10-14(21)22)29(18)13-5-3-12(4-6-13)19(23,24)25/h7-9,12-14H,3-6,10H2,1-2H3/p+1. The summed E-state index contributed by atoms with van der Waals surface area (Å²) in [5.41, 5.74) is 1.57. The lowest BCUT2D eigenvalue weighted by Crippen LogP contribution is -2.33. The molecule has 0 spiro atoms. The van der Waals surface area contributed by atoms with Crippen molar-refractivity contribution in [2.75, 3.05) is 11.9 Å². The van der Waals surface area contributed by atoms with Crippen molar-refractivity contribution in [3.05, 3.63) is 28.6 Å². The van der Waals surface area contributed by atoms with Gasteiger partial charge in [-0.3, -0.25) is 0 Å². The van der Waals surface area contributed by atoms with Crippen LogP contribution in [0.15, 0.2) is 23.1 Å². The summed E-state index contributed by atoms with van der Waals surface area (Å²) in [7, 11) is 1.72. The van der Waals surface area contributed by atoms with Gasteiger partial charge in [0.2, 0.25) is 0 Å². The molecule has 1 N–H and O–H groups in total. The Morgan fingerprint density at radius 3 is 2.53 bits per heavy atom. The zero-order chi connectivity index (χ0) is 22.1. The topological polar surface area (TPSA) is 43.0 Å². The van der Waals surface area contributed by atoms with Gasteiger partial charge in [-0.15, -0.1) is 0 Å². The van der Waals surface area contributed by atoms with Gasteiger partial charge in [-0.2, -0.15) is 17.7 Å². The number of hydrogen-bond acceptors (Lipinski definition) is 3. The summed E-state index contributed by atoms with van der Waals surface area (Å²) in [5, 5.41) is 3.25. The molecule has 166 valence electrons. The molecule has 1 saturated carbocycles. The summed E-state index contributed by atoms with van der Waals surface area (Å²) in [6, 6.07) is 1.50. The molecule has 1 aliphatic carbocycles. The van der Waals surface area contributed by atoms with Crippen molar-refractivity contribution in [1.29, 1.82) is 0 Å². The van der Waals surface area contributed by atoms with Crippen LogP contribution in [0.5, 0.6) is 5.88 Å². The molecule has 0 unspecified atom stereocenters. The van der Waals surface area contributed by atoms with Crippen LogP contribution in [-0.2, 0) is 7.05 Å². The van der Waals surface area contributed by atoms with E-state index >= 15 is 0 Å². The molecule has 11 heteroatoms. The van der Waals surface area contributed by atoms with E-state index in [2.05, 4.69) is 26.2 Å². The van der Waals surface area contributed by atoms with Gasteiger partial charge in [0.25, 0.3) is 12.3 Å². The normalized spacial score (nSPS) is 19.9. The minimum absolute atomic E-state index is 0.0145. The lowest BCUT2D eigenvalue weighted by Gasteiger charge is -2.29. The highest BCUT2D eigenvalue weighted by atomic mass is 79.9. The Morgan fingerprint density at radius 2 is 1.97 bits per heavy atom. The molecular weight excluding hydrogens is 475 g/mol. The Kier molecular flexibility index (Phi) is 6.88. The first kappa shape index (κ1) is 22.8. The third kappa shape index (κ3) is 5.04. The molecule has 2 heterocycles. The second kappa shape index (κ2) is 9.07. The second-order valence-electron chi connectivity index (χ2n) is 7.44. The van der Waals surface area contributed by atoms with E-state index in [0.29, 0.717) is 16.2 Å². The molecule has 5 nitrogen and oxygen atoms in total. The van der Waals surface area contributed by atoms with Crippen LogP contribution in [0.25, 0.3) is 0 Å². The largest absolute Gasteiger partial charge is 0.460 e. The smallest absolute Gasteiger partial charge is 0.391 e. The van der Waals surface area contributed by atoms with E-state index in [1.807, 2.05) is 13.0 Å². The maximum absolute atomic E-state index is 13.1. The van der Waals surface area contributed by atoms with Crippen LogP contribution in [0.3, 0.4) is 0 Å². The molecule has 0 radical (unpaired) electrons. The maximum Gasteiger partial charge on any atom is 0.391 e. The van der Waals surface area contributed by atoms with Crippen LogP contribution in [0.4, 0.5) is 33.6 Å². The zero-order valence-electron chi connectivity index (χ0n) is 16.5. The molecule has 1 aliphatic rings. The van der Waals surface area contributed by atoms with Crippen molar-refractivity contribution in [1.82, 2.24) is 9.55 Å². The van der Waals surface area contributed by atoms with Crippen LogP contribution in [0, 0.1) is 12.8 Å². The number of imidazole rings is 1. The number of aromatic nitrogens is 3. The Hall–Kier alpha value is -1.91.